The van der Waals surface area contributed by atoms with Gasteiger partial charge in [0, 0.05) is 16.8 Å². The third kappa shape index (κ3) is 6.55. The summed E-state index contributed by atoms with van der Waals surface area (Å²) in [6, 6.07) is 5.15. The summed E-state index contributed by atoms with van der Waals surface area (Å²) in [5.41, 5.74) is -0.664. The number of esters is 1. The van der Waals surface area contributed by atoms with E-state index >= 15 is 0 Å². The highest BCUT2D eigenvalue weighted by Crippen LogP contribution is 2.46. The van der Waals surface area contributed by atoms with Gasteiger partial charge in [0.2, 0.25) is 0 Å². The van der Waals surface area contributed by atoms with E-state index in [1.165, 1.54) is 36.9 Å². The largest absolute Gasteiger partial charge is 0.468 e. The number of nitrogens with one attached hydrogen (secondary N) is 2. The molecular weight excluding hydrogens is 477 g/mol. The molecule has 13 heteroatoms. The van der Waals surface area contributed by atoms with Crippen LogP contribution in [0.2, 0.25) is 5.02 Å². The van der Waals surface area contributed by atoms with Gasteiger partial charge in [0.05, 0.1) is 19.8 Å². The van der Waals surface area contributed by atoms with Crippen molar-refractivity contribution in [2.24, 2.45) is 0 Å². The Kier molecular flexibility index (Phi) is 8.14. The fourth-order valence-corrected chi connectivity index (χ4v) is 4.83. The van der Waals surface area contributed by atoms with Crippen LogP contribution in [-0.2, 0) is 23.4 Å². The van der Waals surface area contributed by atoms with E-state index < -0.39 is 43.3 Å². The Hall–Kier alpha value is -2.43. The van der Waals surface area contributed by atoms with Gasteiger partial charge in [-0.25, -0.2) is 9.36 Å². The lowest BCUT2D eigenvalue weighted by molar-refractivity contribution is -0.142. The first-order valence-electron chi connectivity index (χ1n) is 10.1. The number of carbonyl (C=O) groups is 1. The standard InChI is InChI=1S/C20H25ClN3O8P/c1-12-10-24(20(27)22-18(12)25)17-9-8-16(31-17)11-30-33(28,23-13(2)19(26)29-3)32-15-6-4-14(21)5-7-15/h4-7,10,13,16-17H,8-9,11H2,1-3H3,(H,23,28)(H,22,25,27)/t13?,16-,17+,33?/m0/s1. The number of benzene rings is 1. The fraction of sp³-hybridized carbons (Fsp3) is 0.450. The predicted molar refractivity (Wildman–Crippen MR) is 119 cm³/mol. The molecule has 0 spiro atoms. The van der Waals surface area contributed by atoms with E-state index in [0.29, 0.717) is 23.4 Å². The number of ether oxygens (including phenoxy) is 2. The smallest absolute Gasteiger partial charge is 0.459 e. The number of aryl methyl sites for hydroxylation is 1. The summed E-state index contributed by atoms with van der Waals surface area (Å²) in [6.07, 6.45) is 1.30. The van der Waals surface area contributed by atoms with E-state index in [-0.39, 0.29) is 12.4 Å². The molecule has 0 amide bonds. The first kappa shape index (κ1) is 25.2. The van der Waals surface area contributed by atoms with Gasteiger partial charge in [-0.15, -0.1) is 0 Å². The Balaban J connectivity index is 1.70. The monoisotopic (exact) mass is 501 g/mol. The molecule has 2 unspecified atom stereocenters. The third-order valence-electron chi connectivity index (χ3n) is 4.92. The Bertz CT molecular complexity index is 1150. The Morgan fingerprint density at radius 2 is 2.03 bits per heavy atom. The van der Waals surface area contributed by atoms with Crippen LogP contribution in [0, 0.1) is 6.92 Å². The summed E-state index contributed by atoms with van der Waals surface area (Å²) >= 11 is 5.88. The van der Waals surface area contributed by atoms with Crippen molar-refractivity contribution in [1.29, 1.82) is 0 Å². The number of aromatic amines is 1. The summed E-state index contributed by atoms with van der Waals surface area (Å²) in [6.45, 7) is 2.91. The van der Waals surface area contributed by atoms with Crippen molar-refractivity contribution in [2.75, 3.05) is 13.7 Å². The summed E-state index contributed by atoms with van der Waals surface area (Å²) in [4.78, 5) is 37.8. The van der Waals surface area contributed by atoms with Gasteiger partial charge in [-0.1, -0.05) is 11.6 Å². The lowest BCUT2D eigenvalue weighted by Crippen LogP contribution is -2.35. The van der Waals surface area contributed by atoms with Crippen molar-refractivity contribution < 1.29 is 27.9 Å². The second-order valence-corrected chi connectivity index (χ2v) is 9.61. The average Bonchev–Trinajstić information content (AvgIpc) is 3.25. The SMILES string of the molecule is COC(=O)C(C)NP(=O)(OC[C@@H]1CC[C@H](n2cc(C)c(=O)[nH]c2=O)O1)Oc1ccc(Cl)cc1. The molecule has 0 radical (unpaired) electrons. The number of aromatic nitrogens is 2. The number of hydrogen-bond donors (Lipinski definition) is 2. The summed E-state index contributed by atoms with van der Waals surface area (Å²) in [5.74, 6) is -0.434. The number of methoxy groups -OCH3 is 1. The first-order valence-corrected chi connectivity index (χ1v) is 12.0. The number of nitrogens with zero attached hydrogens (tertiary/aromatic N) is 1. The minimum absolute atomic E-state index is 0.140. The zero-order valence-electron chi connectivity index (χ0n) is 18.3. The molecule has 33 heavy (non-hydrogen) atoms. The van der Waals surface area contributed by atoms with Gasteiger partial charge in [0.15, 0.2) is 0 Å². The first-order chi connectivity index (χ1) is 15.6. The maximum Gasteiger partial charge on any atom is 0.459 e. The molecule has 0 bridgehead atoms. The van der Waals surface area contributed by atoms with Crippen LogP contribution in [0.3, 0.4) is 0 Å². The number of halogens is 1. The molecule has 180 valence electrons. The number of H-pyrrole nitrogens is 1. The van der Waals surface area contributed by atoms with Crippen LogP contribution in [0.4, 0.5) is 0 Å². The van der Waals surface area contributed by atoms with Gasteiger partial charge >= 0.3 is 19.4 Å². The van der Waals surface area contributed by atoms with Crippen molar-refractivity contribution in [2.45, 2.75) is 45.1 Å². The predicted octanol–water partition coefficient (Wildman–Crippen LogP) is 2.53. The quantitative estimate of drug-likeness (QED) is 0.392. The lowest BCUT2D eigenvalue weighted by Gasteiger charge is -2.24. The van der Waals surface area contributed by atoms with Gasteiger partial charge < -0.3 is 14.0 Å². The van der Waals surface area contributed by atoms with E-state index in [1.54, 1.807) is 19.1 Å². The van der Waals surface area contributed by atoms with Crippen LogP contribution in [0.5, 0.6) is 5.75 Å². The molecule has 2 aromatic rings. The summed E-state index contributed by atoms with van der Waals surface area (Å²) in [5, 5.41) is 3.01. The third-order valence-corrected chi connectivity index (χ3v) is 6.81. The minimum atomic E-state index is -4.04. The maximum atomic E-state index is 13.4. The van der Waals surface area contributed by atoms with E-state index in [4.69, 9.17) is 25.4 Å². The van der Waals surface area contributed by atoms with Gasteiger partial charge in [-0.3, -0.25) is 23.7 Å². The van der Waals surface area contributed by atoms with Gasteiger partial charge in [-0.05, 0) is 51.0 Å². The van der Waals surface area contributed by atoms with Gasteiger partial charge in [-0.2, -0.15) is 5.09 Å². The Labute approximate surface area is 194 Å². The van der Waals surface area contributed by atoms with E-state index in [0.717, 1.165) is 0 Å². The van der Waals surface area contributed by atoms with Crippen LogP contribution in [0.15, 0.2) is 40.1 Å². The highest BCUT2D eigenvalue weighted by atomic mass is 35.5. The molecule has 1 aliphatic rings. The molecule has 1 saturated heterocycles. The van der Waals surface area contributed by atoms with Gasteiger partial charge in [0.1, 0.15) is 18.0 Å². The van der Waals surface area contributed by atoms with E-state index in [9.17, 15) is 18.9 Å². The molecule has 0 saturated carbocycles. The van der Waals surface area contributed by atoms with Crippen molar-refractivity contribution in [3.8, 4) is 5.75 Å². The van der Waals surface area contributed by atoms with Crippen LogP contribution in [0.1, 0.15) is 31.6 Å². The van der Waals surface area contributed by atoms with Crippen LogP contribution < -0.4 is 20.9 Å². The zero-order chi connectivity index (χ0) is 24.2. The van der Waals surface area contributed by atoms with Crippen LogP contribution in [0.25, 0.3) is 0 Å². The molecule has 2 heterocycles. The second kappa shape index (κ2) is 10.7. The fourth-order valence-electron chi connectivity index (χ4n) is 3.19. The Morgan fingerprint density at radius 1 is 1.33 bits per heavy atom. The van der Waals surface area contributed by atoms with Crippen LogP contribution >= 0.6 is 19.3 Å². The molecule has 2 N–H and O–H groups in total. The van der Waals surface area contributed by atoms with Crippen molar-refractivity contribution in [1.82, 2.24) is 14.6 Å². The molecule has 11 nitrogen and oxygen atoms in total. The molecule has 1 aromatic carbocycles. The second-order valence-electron chi connectivity index (χ2n) is 7.48. The highest BCUT2D eigenvalue weighted by molar-refractivity contribution is 7.52. The number of hydrogen-bond acceptors (Lipinski definition) is 8. The highest BCUT2D eigenvalue weighted by Gasteiger charge is 2.35. The van der Waals surface area contributed by atoms with Crippen molar-refractivity contribution in [3.05, 3.63) is 61.9 Å². The molecule has 1 aliphatic heterocycles. The normalized spacial score (nSPS) is 20.7. The van der Waals surface area contributed by atoms with Crippen molar-refractivity contribution in [3.63, 3.8) is 0 Å². The molecular formula is C20H25ClN3O8P. The lowest BCUT2D eigenvalue weighted by atomic mass is 10.2. The molecule has 1 fully saturated rings. The zero-order valence-corrected chi connectivity index (χ0v) is 19.9. The number of carbonyl (C=O) groups excluding carboxylic acids is 1. The van der Waals surface area contributed by atoms with Gasteiger partial charge in [0.25, 0.3) is 5.56 Å². The maximum absolute atomic E-state index is 13.4. The van der Waals surface area contributed by atoms with E-state index in [1.807, 2.05) is 0 Å². The summed E-state index contributed by atoms with van der Waals surface area (Å²) in [7, 11) is -2.83. The topological polar surface area (TPSA) is 138 Å². The molecule has 0 aliphatic carbocycles. The van der Waals surface area contributed by atoms with Crippen LogP contribution in [-0.4, -0.2) is 41.4 Å². The van der Waals surface area contributed by atoms with E-state index in [2.05, 4.69) is 14.8 Å². The average molecular weight is 502 g/mol. The summed E-state index contributed by atoms with van der Waals surface area (Å²) < 4.78 is 36.3. The molecule has 4 atom stereocenters. The molecule has 3 rings (SSSR count). The Morgan fingerprint density at radius 3 is 2.70 bits per heavy atom. The minimum Gasteiger partial charge on any atom is -0.468 e. The van der Waals surface area contributed by atoms with Crippen molar-refractivity contribution >= 4 is 25.3 Å². The molecule has 1 aromatic heterocycles. The number of rotatable bonds is 9.